The Labute approximate surface area is 136 Å². The third-order valence-electron chi connectivity index (χ3n) is 2.96. The number of ether oxygens (including phenoxy) is 1. The number of para-hydroxylation sites is 2. The summed E-state index contributed by atoms with van der Waals surface area (Å²) in [5.74, 6) is 0.619. The van der Waals surface area contributed by atoms with Gasteiger partial charge in [0.2, 0.25) is 5.91 Å². The van der Waals surface area contributed by atoms with Crippen LogP contribution < -0.4 is 10.1 Å². The number of fused-ring (bicyclic) bond motifs is 1. The fourth-order valence-corrected chi connectivity index (χ4v) is 3.11. The number of anilines is 1. The van der Waals surface area contributed by atoms with Crippen molar-refractivity contribution in [3.63, 3.8) is 0 Å². The summed E-state index contributed by atoms with van der Waals surface area (Å²) >= 11 is 7.47. The SMILES string of the molecule is O=C(CCOc1ccccc1)Nc1nc2c(Cl)cccc2s1. The Morgan fingerprint density at radius 2 is 2.00 bits per heavy atom. The van der Waals surface area contributed by atoms with Crippen molar-refractivity contribution in [2.24, 2.45) is 0 Å². The molecule has 0 aliphatic carbocycles. The van der Waals surface area contributed by atoms with Crippen LogP contribution in [0.2, 0.25) is 5.02 Å². The molecule has 1 aromatic heterocycles. The zero-order chi connectivity index (χ0) is 15.4. The highest BCUT2D eigenvalue weighted by atomic mass is 35.5. The molecule has 6 heteroatoms. The fraction of sp³-hybridized carbons (Fsp3) is 0.125. The molecule has 0 bridgehead atoms. The number of nitrogens with one attached hydrogen (secondary N) is 1. The molecule has 0 saturated carbocycles. The van der Waals surface area contributed by atoms with Gasteiger partial charge < -0.3 is 10.1 Å². The molecular weight excluding hydrogens is 320 g/mol. The Balaban J connectivity index is 1.55. The molecular formula is C16H13ClN2O2S. The lowest BCUT2D eigenvalue weighted by Crippen LogP contribution is -2.14. The van der Waals surface area contributed by atoms with Gasteiger partial charge in [0.15, 0.2) is 5.13 Å². The predicted molar refractivity (Wildman–Crippen MR) is 89.8 cm³/mol. The van der Waals surface area contributed by atoms with E-state index in [2.05, 4.69) is 10.3 Å². The Morgan fingerprint density at radius 1 is 1.18 bits per heavy atom. The molecule has 0 atom stereocenters. The van der Waals surface area contributed by atoms with E-state index in [9.17, 15) is 4.79 Å². The van der Waals surface area contributed by atoms with Crippen LogP contribution >= 0.6 is 22.9 Å². The van der Waals surface area contributed by atoms with Crippen molar-refractivity contribution in [3.8, 4) is 5.75 Å². The molecule has 0 aliphatic rings. The van der Waals surface area contributed by atoms with E-state index in [4.69, 9.17) is 16.3 Å². The van der Waals surface area contributed by atoms with Gasteiger partial charge in [-0.1, -0.05) is 47.2 Å². The van der Waals surface area contributed by atoms with Crippen LogP contribution in [0.1, 0.15) is 6.42 Å². The van der Waals surface area contributed by atoms with Crippen LogP contribution in [0, 0.1) is 0 Å². The number of rotatable bonds is 5. The molecule has 0 spiro atoms. The molecule has 0 aliphatic heterocycles. The molecule has 1 N–H and O–H groups in total. The van der Waals surface area contributed by atoms with Crippen molar-refractivity contribution >= 4 is 44.2 Å². The standard InChI is InChI=1S/C16H13ClN2O2S/c17-12-7-4-8-13-15(12)19-16(22-13)18-14(20)9-10-21-11-5-2-1-3-6-11/h1-8H,9-10H2,(H,18,19,20). The van der Waals surface area contributed by atoms with E-state index >= 15 is 0 Å². The number of benzene rings is 2. The molecule has 0 saturated heterocycles. The molecule has 0 unspecified atom stereocenters. The van der Waals surface area contributed by atoms with Crippen LogP contribution in [0.3, 0.4) is 0 Å². The second-order valence-corrected chi connectivity index (χ2v) is 6.00. The van der Waals surface area contributed by atoms with Gasteiger partial charge >= 0.3 is 0 Å². The first-order chi connectivity index (χ1) is 10.7. The van der Waals surface area contributed by atoms with E-state index in [1.54, 1.807) is 6.07 Å². The van der Waals surface area contributed by atoms with Crippen LogP contribution in [-0.4, -0.2) is 17.5 Å². The zero-order valence-electron chi connectivity index (χ0n) is 11.6. The molecule has 0 fully saturated rings. The molecule has 1 heterocycles. The second kappa shape index (κ2) is 6.77. The summed E-state index contributed by atoms with van der Waals surface area (Å²) < 4.78 is 6.44. The lowest BCUT2D eigenvalue weighted by molar-refractivity contribution is -0.116. The number of nitrogens with zero attached hydrogens (tertiary/aromatic N) is 1. The number of thiazole rings is 1. The van der Waals surface area contributed by atoms with Crippen LogP contribution in [-0.2, 0) is 4.79 Å². The highest BCUT2D eigenvalue weighted by Gasteiger charge is 2.09. The summed E-state index contributed by atoms with van der Waals surface area (Å²) in [5.41, 5.74) is 0.713. The summed E-state index contributed by atoms with van der Waals surface area (Å²) in [6, 6.07) is 15.0. The molecule has 22 heavy (non-hydrogen) atoms. The smallest absolute Gasteiger partial charge is 0.229 e. The van der Waals surface area contributed by atoms with Gasteiger partial charge in [-0.05, 0) is 24.3 Å². The van der Waals surface area contributed by atoms with Gasteiger partial charge in [0.05, 0.1) is 22.8 Å². The number of hydrogen-bond donors (Lipinski definition) is 1. The predicted octanol–water partition coefficient (Wildman–Crippen LogP) is 4.36. The molecule has 3 aromatic rings. The number of carbonyl (C=O) groups is 1. The van der Waals surface area contributed by atoms with Crippen molar-refractivity contribution in [2.45, 2.75) is 6.42 Å². The van der Waals surface area contributed by atoms with Gasteiger partial charge in [0, 0.05) is 0 Å². The third-order valence-corrected chi connectivity index (χ3v) is 4.20. The third kappa shape index (κ3) is 3.55. The summed E-state index contributed by atoms with van der Waals surface area (Å²) in [4.78, 5) is 16.2. The lowest BCUT2D eigenvalue weighted by Gasteiger charge is -2.05. The van der Waals surface area contributed by atoms with E-state index in [0.29, 0.717) is 22.3 Å². The van der Waals surface area contributed by atoms with Gasteiger partial charge in [-0.2, -0.15) is 0 Å². The first-order valence-electron chi connectivity index (χ1n) is 6.75. The maximum atomic E-state index is 11.9. The maximum absolute atomic E-state index is 11.9. The summed E-state index contributed by atoms with van der Waals surface area (Å²) in [6.07, 6.45) is 0.262. The fourth-order valence-electron chi connectivity index (χ4n) is 1.93. The average Bonchev–Trinajstić information content (AvgIpc) is 2.92. The highest BCUT2D eigenvalue weighted by Crippen LogP contribution is 2.30. The van der Waals surface area contributed by atoms with Crippen LogP contribution in [0.25, 0.3) is 10.2 Å². The minimum Gasteiger partial charge on any atom is -0.493 e. The Bertz CT molecular complexity index is 789. The van der Waals surface area contributed by atoms with Crippen molar-refractivity contribution in [2.75, 3.05) is 11.9 Å². The summed E-state index contributed by atoms with van der Waals surface area (Å²) in [7, 11) is 0. The summed E-state index contributed by atoms with van der Waals surface area (Å²) in [6.45, 7) is 0.321. The first kappa shape index (κ1) is 14.8. The Hall–Kier alpha value is -2.11. The molecule has 3 rings (SSSR count). The van der Waals surface area contributed by atoms with E-state index < -0.39 is 0 Å². The highest BCUT2D eigenvalue weighted by molar-refractivity contribution is 7.22. The van der Waals surface area contributed by atoms with Crippen molar-refractivity contribution < 1.29 is 9.53 Å². The van der Waals surface area contributed by atoms with Crippen LogP contribution in [0.4, 0.5) is 5.13 Å². The minimum atomic E-state index is -0.133. The Kier molecular flexibility index (Phi) is 4.56. The molecule has 2 aromatic carbocycles. The van der Waals surface area contributed by atoms with Crippen LogP contribution in [0.15, 0.2) is 48.5 Å². The first-order valence-corrected chi connectivity index (χ1v) is 7.94. The lowest BCUT2D eigenvalue weighted by atomic mass is 10.3. The number of carbonyl (C=O) groups excluding carboxylic acids is 1. The van der Waals surface area contributed by atoms with E-state index in [0.717, 1.165) is 10.4 Å². The average molecular weight is 333 g/mol. The zero-order valence-corrected chi connectivity index (χ0v) is 13.2. The van der Waals surface area contributed by atoms with Gasteiger partial charge in [-0.15, -0.1) is 0 Å². The van der Waals surface area contributed by atoms with E-state index in [-0.39, 0.29) is 12.3 Å². The monoisotopic (exact) mass is 332 g/mol. The van der Waals surface area contributed by atoms with Gasteiger partial charge in [-0.25, -0.2) is 4.98 Å². The van der Waals surface area contributed by atoms with E-state index in [1.807, 2.05) is 42.5 Å². The van der Waals surface area contributed by atoms with Gasteiger partial charge in [0.1, 0.15) is 11.3 Å². The number of halogens is 1. The normalized spacial score (nSPS) is 10.6. The van der Waals surface area contributed by atoms with Crippen molar-refractivity contribution in [1.29, 1.82) is 0 Å². The number of amides is 1. The molecule has 4 nitrogen and oxygen atoms in total. The number of hydrogen-bond acceptors (Lipinski definition) is 4. The molecule has 112 valence electrons. The topological polar surface area (TPSA) is 51.2 Å². The van der Waals surface area contributed by atoms with Crippen molar-refractivity contribution in [1.82, 2.24) is 4.98 Å². The summed E-state index contributed by atoms with van der Waals surface area (Å²) in [5, 5.41) is 3.91. The molecule has 1 amide bonds. The Morgan fingerprint density at radius 3 is 2.77 bits per heavy atom. The van der Waals surface area contributed by atoms with Crippen LogP contribution in [0.5, 0.6) is 5.75 Å². The second-order valence-electron chi connectivity index (χ2n) is 4.57. The van der Waals surface area contributed by atoms with Gasteiger partial charge in [0.25, 0.3) is 0 Å². The quantitative estimate of drug-likeness (QED) is 0.755. The molecule has 0 radical (unpaired) electrons. The van der Waals surface area contributed by atoms with Gasteiger partial charge in [-0.3, -0.25) is 4.79 Å². The largest absolute Gasteiger partial charge is 0.493 e. The number of aromatic nitrogens is 1. The van der Waals surface area contributed by atoms with Crippen molar-refractivity contribution in [3.05, 3.63) is 53.6 Å². The minimum absolute atomic E-state index is 0.133. The maximum Gasteiger partial charge on any atom is 0.229 e. The van der Waals surface area contributed by atoms with E-state index in [1.165, 1.54) is 11.3 Å².